The Labute approximate surface area is 146 Å². The molecule has 0 radical (unpaired) electrons. The van der Waals surface area contributed by atoms with E-state index >= 15 is 0 Å². The lowest BCUT2D eigenvalue weighted by Crippen LogP contribution is -2.35. The number of methoxy groups -OCH3 is 1. The van der Waals surface area contributed by atoms with Crippen LogP contribution >= 0.6 is 0 Å². The van der Waals surface area contributed by atoms with E-state index in [1.807, 2.05) is 4.90 Å². The van der Waals surface area contributed by atoms with Gasteiger partial charge in [-0.05, 0) is 31.0 Å². The van der Waals surface area contributed by atoms with Gasteiger partial charge < -0.3 is 20.1 Å². The molecule has 1 saturated heterocycles. The third kappa shape index (κ3) is 3.60. The van der Waals surface area contributed by atoms with Crippen molar-refractivity contribution in [3.05, 3.63) is 23.8 Å². The van der Waals surface area contributed by atoms with E-state index in [0.717, 1.165) is 25.7 Å². The van der Waals surface area contributed by atoms with Gasteiger partial charge in [-0.3, -0.25) is 9.59 Å². The lowest BCUT2D eigenvalue weighted by Gasteiger charge is -2.24. The summed E-state index contributed by atoms with van der Waals surface area (Å²) >= 11 is 0. The van der Waals surface area contributed by atoms with Gasteiger partial charge in [0.15, 0.2) is 0 Å². The first-order valence-electron chi connectivity index (χ1n) is 8.51. The summed E-state index contributed by atoms with van der Waals surface area (Å²) in [6.45, 7) is 0.411. The largest absolute Gasteiger partial charge is 0.497 e. The summed E-state index contributed by atoms with van der Waals surface area (Å²) < 4.78 is 5.02. The molecule has 1 aromatic carbocycles. The molecule has 2 aliphatic rings. The molecule has 1 atom stereocenters. The minimum Gasteiger partial charge on any atom is -0.497 e. The van der Waals surface area contributed by atoms with Crippen molar-refractivity contribution in [2.45, 2.75) is 38.1 Å². The van der Waals surface area contributed by atoms with Crippen LogP contribution in [0, 0.1) is 5.92 Å². The first-order valence-corrected chi connectivity index (χ1v) is 8.51. The molecule has 3 rings (SSSR count). The predicted octanol–water partition coefficient (Wildman–Crippen LogP) is 2.12. The Kier molecular flexibility index (Phi) is 4.92. The Morgan fingerprint density at radius 2 is 2.00 bits per heavy atom. The lowest BCUT2D eigenvalue weighted by atomic mass is 10.1. The Bertz CT molecular complexity index is 697. The number of ether oxygens (including phenoxy) is 1. The van der Waals surface area contributed by atoms with Crippen molar-refractivity contribution in [2.24, 2.45) is 5.92 Å². The van der Waals surface area contributed by atoms with Crippen LogP contribution in [0.4, 0.5) is 5.69 Å². The van der Waals surface area contributed by atoms with Gasteiger partial charge in [-0.15, -0.1) is 0 Å². The van der Waals surface area contributed by atoms with E-state index in [4.69, 9.17) is 4.74 Å². The van der Waals surface area contributed by atoms with Crippen LogP contribution < -0.4 is 10.1 Å². The van der Waals surface area contributed by atoms with Crippen LogP contribution in [0.5, 0.6) is 5.75 Å². The fourth-order valence-electron chi connectivity index (χ4n) is 3.65. The molecule has 7 nitrogen and oxygen atoms in total. The monoisotopic (exact) mass is 346 g/mol. The summed E-state index contributed by atoms with van der Waals surface area (Å²) in [6.07, 6.45) is 4.43. The molecular weight excluding hydrogens is 324 g/mol. The Morgan fingerprint density at radius 3 is 2.64 bits per heavy atom. The first kappa shape index (κ1) is 17.3. The summed E-state index contributed by atoms with van der Waals surface area (Å²) in [5, 5.41) is 12.0. The zero-order chi connectivity index (χ0) is 18.0. The van der Waals surface area contributed by atoms with Crippen molar-refractivity contribution >= 4 is 23.5 Å². The number of carbonyl (C=O) groups excluding carboxylic acids is 2. The zero-order valence-electron chi connectivity index (χ0n) is 14.2. The minimum atomic E-state index is -1.15. The summed E-state index contributed by atoms with van der Waals surface area (Å²) in [6, 6.07) is 4.71. The highest BCUT2D eigenvalue weighted by Gasteiger charge is 2.38. The van der Waals surface area contributed by atoms with E-state index in [9.17, 15) is 19.5 Å². The van der Waals surface area contributed by atoms with Crippen molar-refractivity contribution in [3.63, 3.8) is 0 Å². The number of nitrogens with one attached hydrogen (secondary N) is 1. The maximum Gasteiger partial charge on any atom is 0.337 e. The SMILES string of the molecule is COc1ccc(NC(=O)C2CC(=O)N(C3CCCC3)C2)c(C(=O)O)c1. The van der Waals surface area contributed by atoms with Crippen LogP contribution in [0.2, 0.25) is 0 Å². The molecule has 2 fully saturated rings. The van der Waals surface area contributed by atoms with Crippen LogP contribution in [0.25, 0.3) is 0 Å². The number of nitrogens with zero attached hydrogens (tertiary/aromatic N) is 1. The zero-order valence-corrected chi connectivity index (χ0v) is 14.2. The molecule has 2 N–H and O–H groups in total. The normalized spacial score (nSPS) is 20.8. The molecule has 1 unspecified atom stereocenters. The smallest absolute Gasteiger partial charge is 0.337 e. The van der Waals surface area contributed by atoms with Crippen molar-refractivity contribution in [2.75, 3.05) is 19.0 Å². The second-order valence-electron chi connectivity index (χ2n) is 6.59. The summed E-state index contributed by atoms with van der Waals surface area (Å²) in [4.78, 5) is 38.0. The van der Waals surface area contributed by atoms with Gasteiger partial charge in [0, 0.05) is 19.0 Å². The molecule has 1 saturated carbocycles. The molecular formula is C18H22N2O5. The number of hydrogen-bond acceptors (Lipinski definition) is 4. The number of likely N-dealkylation sites (tertiary alicyclic amines) is 1. The molecule has 1 aliphatic carbocycles. The molecule has 25 heavy (non-hydrogen) atoms. The molecule has 1 aliphatic heterocycles. The Morgan fingerprint density at radius 1 is 1.28 bits per heavy atom. The first-order chi connectivity index (χ1) is 12.0. The molecule has 0 aromatic heterocycles. The maximum atomic E-state index is 12.5. The quantitative estimate of drug-likeness (QED) is 0.851. The highest BCUT2D eigenvalue weighted by atomic mass is 16.5. The number of carboxylic acid groups (broad SMARTS) is 1. The standard InChI is InChI=1S/C18H22N2O5/c1-25-13-6-7-15(14(9-13)18(23)24)19-17(22)11-8-16(21)20(10-11)12-4-2-3-5-12/h6-7,9,11-12H,2-5,8,10H2,1H3,(H,19,22)(H,23,24). The molecule has 1 heterocycles. The molecule has 0 bridgehead atoms. The number of anilines is 1. The maximum absolute atomic E-state index is 12.5. The van der Waals surface area contributed by atoms with Gasteiger partial charge >= 0.3 is 5.97 Å². The van der Waals surface area contributed by atoms with Crippen molar-refractivity contribution < 1.29 is 24.2 Å². The van der Waals surface area contributed by atoms with Crippen molar-refractivity contribution in [1.82, 2.24) is 4.90 Å². The van der Waals surface area contributed by atoms with E-state index < -0.39 is 11.9 Å². The Hall–Kier alpha value is -2.57. The van der Waals surface area contributed by atoms with Gasteiger partial charge in [0.05, 0.1) is 24.3 Å². The number of carboxylic acids is 1. The van der Waals surface area contributed by atoms with Crippen molar-refractivity contribution in [3.8, 4) is 5.75 Å². The third-order valence-corrected chi connectivity index (χ3v) is 5.01. The number of hydrogen-bond donors (Lipinski definition) is 2. The Balaban J connectivity index is 1.70. The van der Waals surface area contributed by atoms with E-state index in [1.165, 1.54) is 19.2 Å². The summed E-state index contributed by atoms with van der Waals surface area (Å²) in [7, 11) is 1.45. The van der Waals surface area contributed by atoms with Gasteiger partial charge in [0.1, 0.15) is 5.75 Å². The second kappa shape index (κ2) is 7.13. The third-order valence-electron chi connectivity index (χ3n) is 5.01. The van der Waals surface area contributed by atoms with Crippen LogP contribution in [-0.4, -0.2) is 47.5 Å². The van der Waals surface area contributed by atoms with Gasteiger partial charge in [-0.25, -0.2) is 4.79 Å². The molecule has 134 valence electrons. The fraction of sp³-hybridized carbons (Fsp3) is 0.500. The van der Waals surface area contributed by atoms with E-state index in [-0.39, 0.29) is 35.5 Å². The van der Waals surface area contributed by atoms with Crippen molar-refractivity contribution in [1.29, 1.82) is 0 Å². The van der Waals surface area contributed by atoms with Crippen LogP contribution in [-0.2, 0) is 9.59 Å². The molecule has 1 aromatic rings. The number of aromatic carboxylic acids is 1. The van der Waals surface area contributed by atoms with Crippen LogP contribution in [0.3, 0.4) is 0 Å². The minimum absolute atomic E-state index is 0.0141. The highest BCUT2D eigenvalue weighted by Crippen LogP contribution is 2.30. The second-order valence-corrected chi connectivity index (χ2v) is 6.59. The van der Waals surface area contributed by atoms with E-state index in [0.29, 0.717) is 12.3 Å². The van der Waals surface area contributed by atoms with E-state index in [1.54, 1.807) is 6.07 Å². The highest BCUT2D eigenvalue weighted by molar-refractivity contribution is 6.03. The number of rotatable bonds is 5. The fourth-order valence-corrected chi connectivity index (χ4v) is 3.65. The van der Waals surface area contributed by atoms with Gasteiger partial charge in [-0.2, -0.15) is 0 Å². The topological polar surface area (TPSA) is 95.9 Å². The number of carbonyl (C=O) groups is 3. The summed E-state index contributed by atoms with van der Waals surface area (Å²) in [5.74, 6) is -1.50. The number of benzene rings is 1. The predicted molar refractivity (Wildman–Crippen MR) is 90.7 cm³/mol. The van der Waals surface area contributed by atoms with Gasteiger partial charge in [-0.1, -0.05) is 12.8 Å². The average Bonchev–Trinajstić information content (AvgIpc) is 3.24. The average molecular weight is 346 g/mol. The van der Waals surface area contributed by atoms with Crippen LogP contribution in [0.1, 0.15) is 42.5 Å². The van der Waals surface area contributed by atoms with Gasteiger partial charge in [0.25, 0.3) is 0 Å². The molecule has 7 heteroatoms. The summed E-state index contributed by atoms with van der Waals surface area (Å²) in [5.41, 5.74) is 0.176. The van der Waals surface area contributed by atoms with E-state index in [2.05, 4.69) is 5.32 Å². The van der Waals surface area contributed by atoms with Crippen LogP contribution in [0.15, 0.2) is 18.2 Å². The number of amides is 2. The van der Waals surface area contributed by atoms with Gasteiger partial charge in [0.2, 0.25) is 11.8 Å². The molecule has 0 spiro atoms. The lowest BCUT2D eigenvalue weighted by molar-refractivity contribution is -0.129. The molecule has 2 amide bonds.